The van der Waals surface area contributed by atoms with Gasteiger partial charge in [-0.15, -0.1) is 0 Å². The minimum absolute atomic E-state index is 0.0916. The molecule has 0 radical (unpaired) electrons. The number of anilines is 1. The standard InChI is InChI=1S/C15H23N5/c1-6-7-17-12-11(2)13(20-9-8-16-10-20)19-14(18-12)15(3,4)5/h8-10H,6-7H2,1-5H3,(H,17,18,19). The molecule has 2 aromatic heterocycles. The molecule has 0 atom stereocenters. The lowest BCUT2D eigenvalue weighted by Gasteiger charge is -2.21. The number of aromatic nitrogens is 4. The minimum Gasteiger partial charge on any atom is -0.370 e. The summed E-state index contributed by atoms with van der Waals surface area (Å²) in [6, 6.07) is 0. The van der Waals surface area contributed by atoms with Gasteiger partial charge in [-0.3, -0.25) is 4.57 Å². The van der Waals surface area contributed by atoms with Crippen LogP contribution in [-0.2, 0) is 5.41 Å². The van der Waals surface area contributed by atoms with Crippen molar-refractivity contribution in [2.24, 2.45) is 0 Å². The Bertz CT molecular complexity index is 567. The Morgan fingerprint density at radius 2 is 2.00 bits per heavy atom. The fraction of sp³-hybridized carbons (Fsp3) is 0.533. The SMILES string of the molecule is CCCNc1nc(C(C)(C)C)nc(-n2ccnc2)c1C. The summed E-state index contributed by atoms with van der Waals surface area (Å²) in [7, 11) is 0. The molecule has 2 heterocycles. The molecule has 0 aliphatic heterocycles. The Kier molecular flexibility index (Phi) is 4.06. The van der Waals surface area contributed by atoms with Crippen LogP contribution < -0.4 is 5.32 Å². The van der Waals surface area contributed by atoms with Crippen LogP contribution in [0, 0.1) is 6.92 Å². The summed E-state index contributed by atoms with van der Waals surface area (Å²) in [5.41, 5.74) is 0.954. The molecule has 2 rings (SSSR count). The van der Waals surface area contributed by atoms with E-state index >= 15 is 0 Å². The molecule has 0 aliphatic rings. The number of rotatable bonds is 4. The van der Waals surface area contributed by atoms with Gasteiger partial charge in [-0.1, -0.05) is 27.7 Å². The van der Waals surface area contributed by atoms with E-state index < -0.39 is 0 Å². The molecule has 108 valence electrons. The maximum atomic E-state index is 4.73. The van der Waals surface area contributed by atoms with Gasteiger partial charge < -0.3 is 5.32 Å². The van der Waals surface area contributed by atoms with Crippen LogP contribution >= 0.6 is 0 Å². The largest absolute Gasteiger partial charge is 0.370 e. The molecule has 0 amide bonds. The van der Waals surface area contributed by atoms with Crippen molar-refractivity contribution in [3.05, 3.63) is 30.1 Å². The maximum absolute atomic E-state index is 4.73. The number of nitrogens with zero attached hydrogens (tertiary/aromatic N) is 4. The number of nitrogens with one attached hydrogen (secondary N) is 1. The number of imidazole rings is 1. The highest BCUT2D eigenvalue weighted by Crippen LogP contribution is 2.25. The van der Waals surface area contributed by atoms with Gasteiger partial charge in [-0.25, -0.2) is 15.0 Å². The lowest BCUT2D eigenvalue weighted by molar-refractivity contribution is 0.543. The summed E-state index contributed by atoms with van der Waals surface area (Å²) in [5, 5.41) is 3.39. The highest BCUT2D eigenvalue weighted by Gasteiger charge is 2.21. The van der Waals surface area contributed by atoms with Crippen LogP contribution in [0.15, 0.2) is 18.7 Å². The van der Waals surface area contributed by atoms with E-state index in [0.717, 1.165) is 36.0 Å². The molecule has 0 fully saturated rings. The van der Waals surface area contributed by atoms with Gasteiger partial charge in [-0.2, -0.15) is 0 Å². The highest BCUT2D eigenvalue weighted by atomic mass is 15.1. The van der Waals surface area contributed by atoms with E-state index in [1.165, 1.54) is 0 Å². The van der Waals surface area contributed by atoms with Crippen molar-refractivity contribution in [2.45, 2.75) is 46.5 Å². The zero-order valence-electron chi connectivity index (χ0n) is 12.9. The minimum atomic E-state index is -0.0916. The van der Waals surface area contributed by atoms with Gasteiger partial charge in [0.1, 0.15) is 23.8 Å². The van der Waals surface area contributed by atoms with Crippen molar-refractivity contribution in [1.82, 2.24) is 19.5 Å². The molecule has 0 spiro atoms. The van der Waals surface area contributed by atoms with Gasteiger partial charge in [0, 0.05) is 29.9 Å². The second-order valence-electron chi connectivity index (χ2n) is 5.99. The van der Waals surface area contributed by atoms with Gasteiger partial charge >= 0.3 is 0 Å². The van der Waals surface area contributed by atoms with Crippen LogP contribution in [0.1, 0.15) is 45.5 Å². The first-order valence-electron chi connectivity index (χ1n) is 7.04. The smallest absolute Gasteiger partial charge is 0.146 e. The lowest BCUT2D eigenvalue weighted by atomic mass is 9.95. The third-order valence-corrected chi connectivity index (χ3v) is 3.08. The van der Waals surface area contributed by atoms with Crippen molar-refractivity contribution in [3.8, 4) is 5.82 Å². The Morgan fingerprint density at radius 3 is 2.55 bits per heavy atom. The van der Waals surface area contributed by atoms with Crippen LogP contribution in [0.25, 0.3) is 5.82 Å². The second kappa shape index (κ2) is 5.61. The molecule has 0 saturated carbocycles. The molecule has 2 aromatic rings. The van der Waals surface area contributed by atoms with Crippen molar-refractivity contribution in [2.75, 3.05) is 11.9 Å². The Balaban J connectivity index is 2.55. The fourth-order valence-electron chi connectivity index (χ4n) is 1.89. The summed E-state index contributed by atoms with van der Waals surface area (Å²) < 4.78 is 1.93. The molecule has 0 bridgehead atoms. The Hall–Kier alpha value is -1.91. The predicted molar refractivity (Wildman–Crippen MR) is 81.4 cm³/mol. The summed E-state index contributed by atoms with van der Waals surface area (Å²) in [4.78, 5) is 13.5. The van der Waals surface area contributed by atoms with E-state index in [-0.39, 0.29) is 5.41 Å². The summed E-state index contributed by atoms with van der Waals surface area (Å²) in [6.45, 7) is 11.5. The summed E-state index contributed by atoms with van der Waals surface area (Å²) in [6.07, 6.45) is 6.50. The van der Waals surface area contributed by atoms with Gasteiger partial charge in [-0.05, 0) is 13.3 Å². The van der Waals surface area contributed by atoms with Crippen LogP contribution in [-0.4, -0.2) is 26.1 Å². The first kappa shape index (κ1) is 14.5. The third kappa shape index (κ3) is 2.98. The van der Waals surface area contributed by atoms with E-state index in [9.17, 15) is 0 Å². The average molecular weight is 273 g/mol. The van der Waals surface area contributed by atoms with Crippen molar-refractivity contribution >= 4 is 5.82 Å². The summed E-state index contributed by atoms with van der Waals surface area (Å²) >= 11 is 0. The Morgan fingerprint density at radius 1 is 1.25 bits per heavy atom. The number of hydrogen-bond donors (Lipinski definition) is 1. The van der Waals surface area contributed by atoms with Gasteiger partial charge in [0.25, 0.3) is 0 Å². The zero-order valence-corrected chi connectivity index (χ0v) is 12.9. The zero-order chi connectivity index (χ0) is 14.8. The van der Waals surface area contributed by atoms with Crippen LogP contribution in [0.5, 0.6) is 0 Å². The fourth-order valence-corrected chi connectivity index (χ4v) is 1.89. The quantitative estimate of drug-likeness (QED) is 0.930. The van der Waals surface area contributed by atoms with E-state index in [1.807, 2.05) is 17.7 Å². The molecule has 1 N–H and O–H groups in total. The molecule has 0 aliphatic carbocycles. The first-order valence-corrected chi connectivity index (χ1v) is 7.04. The normalized spacial score (nSPS) is 11.7. The molecule has 0 saturated heterocycles. The van der Waals surface area contributed by atoms with E-state index in [0.29, 0.717) is 0 Å². The molecule has 20 heavy (non-hydrogen) atoms. The molecular formula is C15H23N5. The monoisotopic (exact) mass is 273 g/mol. The van der Waals surface area contributed by atoms with E-state index in [1.54, 1.807) is 12.5 Å². The van der Waals surface area contributed by atoms with E-state index in [2.05, 4.69) is 38.0 Å². The molecule has 5 heteroatoms. The average Bonchev–Trinajstić information content (AvgIpc) is 2.90. The van der Waals surface area contributed by atoms with Crippen molar-refractivity contribution in [3.63, 3.8) is 0 Å². The topological polar surface area (TPSA) is 55.6 Å². The van der Waals surface area contributed by atoms with E-state index in [4.69, 9.17) is 9.97 Å². The van der Waals surface area contributed by atoms with Crippen LogP contribution in [0.3, 0.4) is 0 Å². The van der Waals surface area contributed by atoms with Crippen molar-refractivity contribution in [1.29, 1.82) is 0 Å². The highest BCUT2D eigenvalue weighted by molar-refractivity contribution is 5.52. The third-order valence-electron chi connectivity index (χ3n) is 3.08. The molecule has 0 unspecified atom stereocenters. The van der Waals surface area contributed by atoms with Gasteiger partial charge in [0.15, 0.2) is 0 Å². The summed E-state index contributed by atoms with van der Waals surface area (Å²) in [5.74, 6) is 2.64. The number of hydrogen-bond acceptors (Lipinski definition) is 4. The van der Waals surface area contributed by atoms with Crippen LogP contribution in [0.4, 0.5) is 5.82 Å². The Labute approximate surface area is 120 Å². The maximum Gasteiger partial charge on any atom is 0.146 e. The second-order valence-corrected chi connectivity index (χ2v) is 5.99. The first-order chi connectivity index (χ1) is 9.43. The molecular weight excluding hydrogens is 250 g/mol. The molecule has 0 aromatic carbocycles. The van der Waals surface area contributed by atoms with Gasteiger partial charge in [0.05, 0.1) is 0 Å². The van der Waals surface area contributed by atoms with Crippen LogP contribution in [0.2, 0.25) is 0 Å². The van der Waals surface area contributed by atoms with Crippen molar-refractivity contribution < 1.29 is 0 Å². The lowest BCUT2D eigenvalue weighted by Crippen LogP contribution is -2.20. The molecule has 5 nitrogen and oxygen atoms in total. The predicted octanol–water partition coefficient (Wildman–Crippen LogP) is 3.09. The van der Waals surface area contributed by atoms with Gasteiger partial charge in [0.2, 0.25) is 0 Å².